The molecule has 72 valence electrons. The summed E-state index contributed by atoms with van der Waals surface area (Å²) < 4.78 is 4.90. The maximum Gasteiger partial charge on any atom is 0.170 e. The molecule has 2 aromatic heterocycles. The van der Waals surface area contributed by atoms with Crippen molar-refractivity contribution in [1.82, 2.24) is 14.3 Å². The Balaban J connectivity index is 1.98. The van der Waals surface area contributed by atoms with Crippen LogP contribution in [0.25, 0.3) is 0 Å². The summed E-state index contributed by atoms with van der Waals surface area (Å²) in [7, 11) is 0. The Hall–Kier alpha value is -1.14. The van der Waals surface area contributed by atoms with Gasteiger partial charge in [0.25, 0.3) is 0 Å². The number of pyridine rings is 1. The third-order valence-electron chi connectivity index (χ3n) is 1.55. The molecule has 6 heteroatoms. The monoisotopic (exact) mass is 224 g/mol. The van der Waals surface area contributed by atoms with Crippen molar-refractivity contribution in [2.75, 3.05) is 5.73 Å². The molecular weight excluding hydrogens is 216 g/mol. The zero-order valence-electron chi connectivity index (χ0n) is 7.25. The molecule has 0 aliphatic heterocycles. The van der Waals surface area contributed by atoms with E-state index in [1.807, 2.05) is 12.1 Å². The lowest BCUT2D eigenvalue weighted by Gasteiger charge is -1.98. The third-order valence-corrected chi connectivity index (χ3v) is 3.42. The summed E-state index contributed by atoms with van der Waals surface area (Å²) in [5.41, 5.74) is 6.71. The van der Waals surface area contributed by atoms with Gasteiger partial charge in [-0.25, -0.2) is 9.97 Å². The number of nitrogens with zero attached hydrogens (tertiary/aromatic N) is 3. The van der Waals surface area contributed by atoms with E-state index in [9.17, 15) is 0 Å². The molecule has 0 aliphatic carbocycles. The van der Waals surface area contributed by atoms with Crippen molar-refractivity contribution in [3.05, 3.63) is 30.2 Å². The number of hydrogen-bond acceptors (Lipinski definition) is 6. The maximum absolute atomic E-state index is 5.56. The Morgan fingerprint density at radius 2 is 2.36 bits per heavy atom. The zero-order chi connectivity index (χ0) is 9.80. The van der Waals surface area contributed by atoms with E-state index in [-0.39, 0.29) is 0 Å². The lowest BCUT2D eigenvalue weighted by atomic mass is 10.3. The molecule has 0 unspecified atom stereocenters. The predicted molar refractivity (Wildman–Crippen MR) is 58.1 cm³/mol. The van der Waals surface area contributed by atoms with Crippen LogP contribution in [0, 0.1) is 0 Å². The Labute approximate surface area is 89.8 Å². The zero-order valence-corrected chi connectivity index (χ0v) is 8.88. The Morgan fingerprint density at radius 3 is 3.07 bits per heavy atom. The van der Waals surface area contributed by atoms with Gasteiger partial charge in [-0.2, -0.15) is 4.37 Å². The van der Waals surface area contributed by atoms with Crippen LogP contribution in [0.4, 0.5) is 5.82 Å². The summed E-state index contributed by atoms with van der Waals surface area (Å²) in [5, 5.41) is 0. The minimum absolute atomic E-state index is 0.556. The van der Waals surface area contributed by atoms with Crippen LogP contribution in [-0.4, -0.2) is 14.3 Å². The smallest absolute Gasteiger partial charge is 0.170 e. The average Bonchev–Trinajstić information content (AvgIpc) is 2.67. The quantitative estimate of drug-likeness (QED) is 0.805. The van der Waals surface area contributed by atoms with Gasteiger partial charge in [0.1, 0.15) is 12.1 Å². The van der Waals surface area contributed by atoms with Crippen LogP contribution in [0.15, 0.2) is 29.0 Å². The van der Waals surface area contributed by atoms with E-state index in [4.69, 9.17) is 5.73 Å². The highest BCUT2D eigenvalue weighted by Crippen LogP contribution is 2.23. The number of anilines is 1. The summed E-state index contributed by atoms with van der Waals surface area (Å²) in [6, 6.07) is 3.82. The fourth-order valence-electron chi connectivity index (χ4n) is 0.956. The van der Waals surface area contributed by atoms with Crippen LogP contribution < -0.4 is 5.73 Å². The first-order chi connectivity index (χ1) is 6.84. The Morgan fingerprint density at radius 1 is 1.43 bits per heavy atom. The van der Waals surface area contributed by atoms with Crippen LogP contribution in [0.2, 0.25) is 0 Å². The molecule has 4 nitrogen and oxygen atoms in total. The molecule has 2 N–H and O–H groups in total. The minimum atomic E-state index is 0.556. The summed E-state index contributed by atoms with van der Waals surface area (Å²) >= 11 is 3.05. The van der Waals surface area contributed by atoms with Gasteiger partial charge >= 0.3 is 0 Å². The normalized spacial score (nSPS) is 10.3. The summed E-state index contributed by atoms with van der Waals surface area (Å²) in [5.74, 6) is 1.41. The van der Waals surface area contributed by atoms with Crippen LogP contribution >= 0.6 is 23.3 Å². The first-order valence-electron chi connectivity index (χ1n) is 3.94. The molecule has 2 aromatic rings. The fourth-order valence-corrected chi connectivity index (χ4v) is 2.34. The first-order valence-corrected chi connectivity index (χ1v) is 5.70. The second-order valence-electron chi connectivity index (χ2n) is 2.58. The standard InChI is InChI=1S/C8H8N4S2/c9-7-3-6(1-2-10-7)4-13-8-11-5-12-14-8/h1-3,5H,4H2,(H2,9,10). The van der Waals surface area contributed by atoms with Crippen molar-refractivity contribution in [1.29, 1.82) is 0 Å². The van der Waals surface area contributed by atoms with E-state index in [2.05, 4.69) is 14.3 Å². The molecule has 0 amide bonds. The number of nitrogens with two attached hydrogens (primary N) is 1. The van der Waals surface area contributed by atoms with Gasteiger partial charge in [0.05, 0.1) is 0 Å². The lowest BCUT2D eigenvalue weighted by Crippen LogP contribution is -1.90. The van der Waals surface area contributed by atoms with Crippen molar-refractivity contribution in [2.45, 2.75) is 10.1 Å². The van der Waals surface area contributed by atoms with E-state index in [0.717, 1.165) is 15.7 Å². The molecule has 0 atom stereocenters. The van der Waals surface area contributed by atoms with Gasteiger partial charge in [0.15, 0.2) is 4.34 Å². The highest BCUT2D eigenvalue weighted by atomic mass is 32.2. The van der Waals surface area contributed by atoms with E-state index in [1.165, 1.54) is 11.5 Å². The minimum Gasteiger partial charge on any atom is -0.384 e. The summed E-state index contributed by atoms with van der Waals surface area (Å²) in [6.07, 6.45) is 3.28. The third kappa shape index (κ3) is 2.43. The van der Waals surface area contributed by atoms with Gasteiger partial charge in [-0.05, 0) is 29.2 Å². The van der Waals surface area contributed by atoms with Gasteiger partial charge < -0.3 is 5.73 Å². The van der Waals surface area contributed by atoms with Crippen LogP contribution in [0.5, 0.6) is 0 Å². The number of aromatic nitrogens is 3. The Kier molecular flexibility index (Phi) is 2.95. The van der Waals surface area contributed by atoms with Crippen LogP contribution in [-0.2, 0) is 5.75 Å². The second kappa shape index (κ2) is 4.39. The molecule has 0 aromatic carbocycles. The highest BCUT2D eigenvalue weighted by Gasteiger charge is 1.99. The van der Waals surface area contributed by atoms with Crippen molar-refractivity contribution >= 4 is 29.1 Å². The molecule has 2 rings (SSSR count). The molecule has 0 saturated heterocycles. The SMILES string of the molecule is Nc1cc(CSc2ncns2)ccn1. The van der Waals surface area contributed by atoms with Crippen molar-refractivity contribution in [2.24, 2.45) is 0 Å². The molecule has 0 fully saturated rings. The van der Waals surface area contributed by atoms with E-state index >= 15 is 0 Å². The van der Waals surface area contributed by atoms with Crippen LogP contribution in [0.3, 0.4) is 0 Å². The molecule has 0 saturated carbocycles. The average molecular weight is 224 g/mol. The lowest BCUT2D eigenvalue weighted by molar-refractivity contribution is 1.21. The molecule has 0 radical (unpaired) electrons. The number of nitrogen functional groups attached to an aromatic ring is 1. The van der Waals surface area contributed by atoms with Gasteiger partial charge in [-0.1, -0.05) is 11.8 Å². The van der Waals surface area contributed by atoms with Gasteiger partial charge in [0, 0.05) is 11.9 Å². The topological polar surface area (TPSA) is 64.7 Å². The van der Waals surface area contributed by atoms with Crippen molar-refractivity contribution in [3.8, 4) is 0 Å². The first kappa shape index (κ1) is 9.42. The summed E-state index contributed by atoms with van der Waals surface area (Å²) in [6.45, 7) is 0. The molecule has 2 heterocycles. The van der Waals surface area contributed by atoms with E-state index in [0.29, 0.717) is 5.82 Å². The predicted octanol–water partition coefficient (Wildman–Crippen LogP) is 1.81. The van der Waals surface area contributed by atoms with Gasteiger partial charge in [0.2, 0.25) is 0 Å². The molecular formula is C8H8N4S2. The second-order valence-corrected chi connectivity index (χ2v) is 4.59. The molecule has 0 spiro atoms. The fraction of sp³-hybridized carbons (Fsp3) is 0.125. The highest BCUT2D eigenvalue weighted by molar-refractivity contribution is 8.00. The molecule has 0 aliphatic rings. The van der Waals surface area contributed by atoms with Crippen molar-refractivity contribution < 1.29 is 0 Å². The van der Waals surface area contributed by atoms with E-state index in [1.54, 1.807) is 24.3 Å². The van der Waals surface area contributed by atoms with Gasteiger partial charge in [-0.15, -0.1) is 0 Å². The largest absolute Gasteiger partial charge is 0.384 e. The van der Waals surface area contributed by atoms with Crippen LogP contribution in [0.1, 0.15) is 5.56 Å². The molecule has 14 heavy (non-hydrogen) atoms. The summed E-state index contributed by atoms with van der Waals surface area (Å²) in [4.78, 5) is 8.01. The number of hydrogen-bond donors (Lipinski definition) is 1. The maximum atomic E-state index is 5.56. The molecule has 0 bridgehead atoms. The van der Waals surface area contributed by atoms with Crippen molar-refractivity contribution in [3.63, 3.8) is 0 Å². The number of thioether (sulfide) groups is 1. The van der Waals surface area contributed by atoms with Gasteiger partial charge in [-0.3, -0.25) is 0 Å². The number of rotatable bonds is 3. The van der Waals surface area contributed by atoms with E-state index < -0.39 is 0 Å². The Bertz CT molecular complexity index is 401.